The lowest BCUT2D eigenvalue weighted by atomic mass is 10.1. The van der Waals surface area contributed by atoms with Crippen molar-refractivity contribution in [1.82, 2.24) is 35.5 Å². The first-order valence-corrected chi connectivity index (χ1v) is 12.6. The van der Waals surface area contributed by atoms with E-state index in [4.69, 9.17) is 0 Å². The number of carbonyl (C=O) groups excluding carboxylic acids is 2. The zero-order chi connectivity index (χ0) is 24.5. The van der Waals surface area contributed by atoms with Crippen LogP contribution in [0, 0.1) is 12.7 Å². The smallest absolute Gasteiger partial charge is 0.315 e. The molecule has 0 bridgehead atoms. The third-order valence-electron chi connectivity index (χ3n) is 6.33. The average Bonchev–Trinajstić information content (AvgIpc) is 3.43. The van der Waals surface area contributed by atoms with E-state index in [0.29, 0.717) is 29.0 Å². The number of anilines is 1. The molecule has 184 valence electrons. The van der Waals surface area contributed by atoms with Gasteiger partial charge in [-0.2, -0.15) is 4.98 Å². The van der Waals surface area contributed by atoms with Crippen LogP contribution in [0.1, 0.15) is 59.7 Å². The molecule has 12 heteroatoms. The highest BCUT2D eigenvalue weighted by Crippen LogP contribution is 2.28. The fourth-order valence-electron chi connectivity index (χ4n) is 4.45. The quantitative estimate of drug-likeness (QED) is 0.477. The van der Waals surface area contributed by atoms with Crippen LogP contribution in [0.4, 0.5) is 15.1 Å². The molecule has 1 saturated heterocycles. The van der Waals surface area contributed by atoms with Crippen molar-refractivity contribution in [2.45, 2.75) is 57.7 Å². The van der Waals surface area contributed by atoms with E-state index in [0.717, 1.165) is 36.9 Å². The van der Waals surface area contributed by atoms with Gasteiger partial charge in [-0.15, -0.1) is 11.3 Å². The Morgan fingerprint density at radius 2 is 1.86 bits per heavy atom. The Morgan fingerprint density at radius 3 is 2.60 bits per heavy atom. The van der Waals surface area contributed by atoms with Gasteiger partial charge >= 0.3 is 6.03 Å². The van der Waals surface area contributed by atoms with E-state index >= 15 is 0 Å². The highest BCUT2D eigenvalue weighted by molar-refractivity contribution is 7.18. The molecule has 0 spiro atoms. The number of thiazole rings is 1. The van der Waals surface area contributed by atoms with Crippen molar-refractivity contribution in [3.8, 4) is 0 Å². The lowest BCUT2D eigenvalue weighted by Gasteiger charge is -2.39. The van der Waals surface area contributed by atoms with E-state index in [1.165, 1.54) is 17.4 Å². The molecule has 3 aromatic heterocycles. The second-order valence-electron chi connectivity index (χ2n) is 9.09. The first kappa shape index (κ1) is 23.3. The maximum absolute atomic E-state index is 13.6. The van der Waals surface area contributed by atoms with Crippen LogP contribution in [0.25, 0.3) is 10.3 Å². The van der Waals surface area contributed by atoms with Crippen molar-refractivity contribution in [2.75, 3.05) is 18.4 Å². The number of likely N-dealkylation sites (tertiary alicyclic amines) is 1. The molecular weight excluding hydrogens is 471 g/mol. The molecule has 10 nitrogen and oxygen atoms in total. The number of carbonyl (C=O) groups is 2. The third kappa shape index (κ3) is 5.16. The van der Waals surface area contributed by atoms with E-state index < -0.39 is 5.82 Å². The van der Waals surface area contributed by atoms with Crippen molar-refractivity contribution in [1.29, 1.82) is 0 Å². The molecule has 0 unspecified atom stereocenters. The number of hydrogen-bond donors (Lipinski definition) is 3. The molecule has 1 atom stereocenters. The minimum absolute atomic E-state index is 0.0982. The summed E-state index contributed by atoms with van der Waals surface area (Å²) in [6.45, 7) is 4.50. The molecule has 1 saturated carbocycles. The molecule has 35 heavy (non-hydrogen) atoms. The van der Waals surface area contributed by atoms with Gasteiger partial charge in [-0.25, -0.2) is 19.2 Å². The predicted molar refractivity (Wildman–Crippen MR) is 130 cm³/mol. The molecule has 4 heterocycles. The van der Waals surface area contributed by atoms with E-state index in [1.54, 1.807) is 11.1 Å². The van der Waals surface area contributed by atoms with Crippen molar-refractivity contribution in [3.63, 3.8) is 0 Å². The summed E-state index contributed by atoms with van der Waals surface area (Å²) in [6, 6.07) is 1.02. The lowest BCUT2D eigenvalue weighted by molar-refractivity contribution is 0.0573. The van der Waals surface area contributed by atoms with Gasteiger partial charge in [0, 0.05) is 25.3 Å². The second-order valence-corrected chi connectivity index (χ2v) is 10.3. The molecular formula is C23H27FN8O2S. The van der Waals surface area contributed by atoms with Crippen molar-refractivity contribution in [2.24, 2.45) is 0 Å². The fraction of sp³-hybridized carbons (Fsp3) is 0.478. The van der Waals surface area contributed by atoms with Crippen LogP contribution in [0.3, 0.4) is 0 Å². The topological polar surface area (TPSA) is 125 Å². The SMILES string of the molecule is Cc1nc2nc(N[C@@H](C)c3cncc(F)c3)nc(C(=O)N3CC(NC(=O)NC4CCCC4)C3)c2s1. The molecule has 0 aromatic carbocycles. The Hall–Kier alpha value is -3.41. The molecule has 1 aliphatic carbocycles. The van der Waals surface area contributed by atoms with Gasteiger partial charge in [0.25, 0.3) is 5.91 Å². The number of aryl methyl sites for hydroxylation is 1. The first-order valence-electron chi connectivity index (χ1n) is 11.7. The number of amides is 3. The Morgan fingerprint density at radius 1 is 1.11 bits per heavy atom. The van der Waals surface area contributed by atoms with Crippen LogP contribution in [0.15, 0.2) is 18.5 Å². The van der Waals surface area contributed by atoms with Crippen LogP contribution in [-0.2, 0) is 0 Å². The standard InChI is InChI=1S/C23H27FN8O2S/c1-12(14-7-15(24)9-25-8-14)26-22-30-18(19-20(31-22)27-13(2)35-19)21(33)32-10-17(11-32)29-23(34)28-16-5-3-4-6-16/h7-9,12,16-17H,3-6,10-11H2,1-2H3,(H,26,30,31)(H2,28,29,34)/t12-/m0/s1. The normalized spacial score (nSPS) is 17.3. The van der Waals surface area contributed by atoms with Gasteiger partial charge in [0.2, 0.25) is 5.95 Å². The lowest BCUT2D eigenvalue weighted by Crippen LogP contribution is -2.62. The van der Waals surface area contributed by atoms with Crippen LogP contribution in [0.5, 0.6) is 0 Å². The number of aromatic nitrogens is 4. The average molecular weight is 499 g/mol. The van der Waals surface area contributed by atoms with Gasteiger partial charge in [0.1, 0.15) is 10.5 Å². The summed E-state index contributed by atoms with van der Waals surface area (Å²) in [7, 11) is 0. The Balaban J connectivity index is 1.27. The van der Waals surface area contributed by atoms with Crippen molar-refractivity contribution in [3.05, 3.63) is 40.5 Å². The minimum Gasteiger partial charge on any atom is -0.348 e. The second kappa shape index (κ2) is 9.68. The van der Waals surface area contributed by atoms with Gasteiger partial charge in [0.15, 0.2) is 11.3 Å². The maximum Gasteiger partial charge on any atom is 0.315 e. The number of urea groups is 1. The molecule has 1 aliphatic heterocycles. The maximum atomic E-state index is 13.6. The number of pyridine rings is 1. The van der Waals surface area contributed by atoms with Gasteiger partial charge in [-0.05, 0) is 38.3 Å². The molecule has 2 fully saturated rings. The summed E-state index contributed by atoms with van der Waals surface area (Å²) < 4.78 is 14.2. The van der Waals surface area contributed by atoms with Crippen LogP contribution in [-0.4, -0.2) is 61.9 Å². The summed E-state index contributed by atoms with van der Waals surface area (Å²) in [4.78, 5) is 44.5. The van der Waals surface area contributed by atoms with E-state index in [-0.39, 0.29) is 41.7 Å². The fourth-order valence-corrected chi connectivity index (χ4v) is 5.29. The number of rotatable bonds is 6. The van der Waals surface area contributed by atoms with Gasteiger partial charge in [-0.1, -0.05) is 12.8 Å². The van der Waals surface area contributed by atoms with E-state index in [9.17, 15) is 14.0 Å². The molecule has 3 amide bonds. The van der Waals surface area contributed by atoms with E-state index in [2.05, 4.69) is 35.9 Å². The number of fused-ring (bicyclic) bond motifs is 1. The van der Waals surface area contributed by atoms with Crippen molar-refractivity contribution >= 4 is 39.6 Å². The van der Waals surface area contributed by atoms with Gasteiger partial charge in [0.05, 0.1) is 23.3 Å². The van der Waals surface area contributed by atoms with Crippen molar-refractivity contribution < 1.29 is 14.0 Å². The summed E-state index contributed by atoms with van der Waals surface area (Å²) in [6.07, 6.45) is 7.04. The zero-order valence-corrected chi connectivity index (χ0v) is 20.4. The molecule has 2 aliphatic rings. The summed E-state index contributed by atoms with van der Waals surface area (Å²) in [5, 5.41) is 9.85. The third-order valence-corrected chi connectivity index (χ3v) is 7.30. The van der Waals surface area contributed by atoms with Gasteiger partial charge < -0.3 is 20.9 Å². The Bertz CT molecular complexity index is 1260. The first-order chi connectivity index (χ1) is 16.9. The molecule has 3 N–H and O–H groups in total. The molecule has 0 radical (unpaired) electrons. The Labute approximate surface area is 205 Å². The minimum atomic E-state index is -0.434. The molecule has 3 aromatic rings. The van der Waals surface area contributed by atoms with Crippen LogP contribution in [0.2, 0.25) is 0 Å². The number of hydrogen-bond acceptors (Lipinski definition) is 8. The van der Waals surface area contributed by atoms with E-state index in [1.807, 2.05) is 13.8 Å². The summed E-state index contributed by atoms with van der Waals surface area (Å²) in [5.74, 6) is -0.441. The summed E-state index contributed by atoms with van der Waals surface area (Å²) >= 11 is 1.36. The predicted octanol–water partition coefficient (Wildman–Crippen LogP) is 3.17. The number of nitrogens with one attached hydrogen (secondary N) is 3. The van der Waals surface area contributed by atoms with Crippen LogP contribution < -0.4 is 16.0 Å². The number of nitrogens with zero attached hydrogens (tertiary/aromatic N) is 5. The summed E-state index contributed by atoms with van der Waals surface area (Å²) in [5.41, 5.74) is 1.33. The van der Waals surface area contributed by atoms with Crippen LogP contribution >= 0.6 is 11.3 Å². The zero-order valence-electron chi connectivity index (χ0n) is 19.5. The highest BCUT2D eigenvalue weighted by atomic mass is 32.1. The molecule has 5 rings (SSSR count). The largest absolute Gasteiger partial charge is 0.348 e. The highest BCUT2D eigenvalue weighted by Gasteiger charge is 2.35. The van der Waals surface area contributed by atoms with Gasteiger partial charge in [-0.3, -0.25) is 9.78 Å². The Kier molecular flexibility index (Phi) is 6.46. The monoisotopic (exact) mass is 498 g/mol. The number of halogens is 1.